The molecule has 2 aromatic heterocycles. The fourth-order valence-electron chi connectivity index (χ4n) is 3.34. The van der Waals surface area contributed by atoms with Crippen molar-refractivity contribution in [1.82, 2.24) is 14.3 Å². The Morgan fingerprint density at radius 3 is 2.69 bits per heavy atom. The van der Waals surface area contributed by atoms with Crippen LogP contribution < -0.4 is 10.6 Å². The summed E-state index contributed by atoms with van der Waals surface area (Å²) in [6.45, 7) is 2.19. The lowest BCUT2D eigenvalue weighted by molar-refractivity contribution is 0.102. The first-order chi connectivity index (χ1) is 12.7. The quantitative estimate of drug-likeness (QED) is 0.760. The van der Waals surface area contributed by atoms with Gasteiger partial charge in [0.15, 0.2) is 0 Å². The number of amides is 1. The van der Waals surface area contributed by atoms with Gasteiger partial charge in [0, 0.05) is 24.6 Å². The highest BCUT2D eigenvalue weighted by Crippen LogP contribution is 2.25. The standard InChI is InChI=1S/C20H23N5O/c1-24-11-8-16(9-12-24)22-17-4-2-3-5-18(17)23-20(26)15-6-7-19-21-10-13-25(19)14-15/h2-7,10,13-14,16,22H,8-9,11-12H2,1H3,(H,23,26). The highest BCUT2D eigenvalue weighted by molar-refractivity contribution is 6.05. The fourth-order valence-corrected chi connectivity index (χ4v) is 3.34. The number of carbonyl (C=O) groups excluding carboxylic acids is 1. The summed E-state index contributed by atoms with van der Waals surface area (Å²) in [5.41, 5.74) is 3.21. The van der Waals surface area contributed by atoms with Crippen LogP contribution in [0.2, 0.25) is 0 Å². The molecule has 1 aliphatic rings. The largest absolute Gasteiger partial charge is 0.381 e. The number of pyridine rings is 1. The molecule has 2 N–H and O–H groups in total. The minimum absolute atomic E-state index is 0.127. The van der Waals surface area contributed by atoms with Crippen molar-refractivity contribution < 1.29 is 4.79 Å². The molecule has 0 aliphatic carbocycles. The van der Waals surface area contributed by atoms with E-state index in [2.05, 4.69) is 27.6 Å². The third kappa shape index (κ3) is 3.55. The Bertz CT molecular complexity index is 911. The van der Waals surface area contributed by atoms with Crippen molar-refractivity contribution in [3.63, 3.8) is 0 Å². The van der Waals surface area contributed by atoms with Gasteiger partial charge in [0.05, 0.1) is 16.9 Å². The van der Waals surface area contributed by atoms with Gasteiger partial charge in [-0.2, -0.15) is 0 Å². The van der Waals surface area contributed by atoms with Crippen LogP contribution in [-0.2, 0) is 0 Å². The summed E-state index contributed by atoms with van der Waals surface area (Å²) in [5, 5.41) is 6.63. The van der Waals surface area contributed by atoms with Gasteiger partial charge in [-0.3, -0.25) is 4.79 Å². The molecule has 3 heterocycles. The van der Waals surface area contributed by atoms with Crippen molar-refractivity contribution >= 4 is 22.9 Å². The number of para-hydroxylation sites is 2. The van der Waals surface area contributed by atoms with Crippen LogP contribution in [0.4, 0.5) is 11.4 Å². The first-order valence-corrected chi connectivity index (χ1v) is 8.97. The van der Waals surface area contributed by atoms with E-state index in [0.717, 1.165) is 43.0 Å². The number of nitrogens with zero attached hydrogens (tertiary/aromatic N) is 3. The lowest BCUT2D eigenvalue weighted by Gasteiger charge is -2.30. The topological polar surface area (TPSA) is 61.7 Å². The van der Waals surface area contributed by atoms with Crippen molar-refractivity contribution in [2.75, 3.05) is 30.8 Å². The molecule has 1 aromatic carbocycles. The molecule has 1 aliphatic heterocycles. The predicted octanol–water partition coefficient (Wildman–Crippen LogP) is 3.09. The average Bonchev–Trinajstić information content (AvgIpc) is 3.13. The second kappa shape index (κ2) is 7.17. The normalized spacial score (nSPS) is 15.9. The number of benzene rings is 1. The summed E-state index contributed by atoms with van der Waals surface area (Å²) in [4.78, 5) is 19.2. The second-order valence-electron chi connectivity index (χ2n) is 6.83. The molecule has 0 bridgehead atoms. The van der Waals surface area contributed by atoms with Crippen LogP contribution >= 0.6 is 0 Å². The Hall–Kier alpha value is -2.86. The molecule has 1 saturated heterocycles. The van der Waals surface area contributed by atoms with Crippen LogP contribution in [0.15, 0.2) is 55.0 Å². The van der Waals surface area contributed by atoms with Crippen LogP contribution in [0.1, 0.15) is 23.2 Å². The minimum Gasteiger partial charge on any atom is -0.381 e. The van der Waals surface area contributed by atoms with Gasteiger partial charge in [-0.1, -0.05) is 12.1 Å². The first-order valence-electron chi connectivity index (χ1n) is 8.97. The lowest BCUT2D eigenvalue weighted by Crippen LogP contribution is -2.36. The van der Waals surface area contributed by atoms with E-state index in [1.165, 1.54) is 0 Å². The van der Waals surface area contributed by atoms with E-state index in [1.54, 1.807) is 18.5 Å². The molecule has 134 valence electrons. The highest BCUT2D eigenvalue weighted by atomic mass is 16.1. The number of piperidine rings is 1. The molecular formula is C20H23N5O. The fraction of sp³-hybridized carbons (Fsp3) is 0.300. The maximum Gasteiger partial charge on any atom is 0.257 e. The summed E-state index contributed by atoms with van der Waals surface area (Å²) in [6.07, 6.45) is 7.57. The SMILES string of the molecule is CN1CCC(Nc2ccccc2NC(=O)c2ccc3nccn3c2)CC1. The molecule has 0 saturated carbocycles. The van der Waals surface area contributed by atoms with Gasteiger partial charge in [-0.15, -0.1) is 0 Å². The van der Waals surface area contributed by atoms with Crippen molar-refractivity contribution in [3.05, 3.63) is 60.6 Å². The Morgan fingerprint density at radius 1 is 1.12 bits per heavy atom. The molecule has 0 atom stereocenters. The van der Waals surface area contributed by atoms with Gasteiger partial charge < -0.3 is 19.9 Å². The van der Waals surface area contributed by atoms with Crippen molar-refractivity contribution in [2.45, 2.75) is 18.9 Å². The molecule has 26 heavy (non-hydrogen) atoms. The average molecular weight is 349 g/mol. The third-order valence-electron chi connectivity index (χ3n) is 4.90. The third-order valence-corrected chi connectivity index (χ3v) is 4.90. The minimum atomic E-state index is -0.127. The van der Waals surface area contributed by atoms with E-state index < -0.39 is 0 Å². The van der Waals surface area contributed by atoms with Gasteiger partial charge in [0.1, 0.15) is 5.65 Å². The number of fused-ring (bicyclic) bond motifs is 1. The van der Waals surface area contributed by atoms with Gasteiger partial charge in [0.2, 0.25) is 0 Å². The number of nitrogens with one attached hydrogen (secondary N) is 2. The summed E-state index contributed by atoms with van der Waals surface area (Å²) in [7, 11) is 2.15. The Morgan fingerprint density at radius 2 is 1.88 bits per heavy atom. The summed E-state index contributed by atoms with van der Waals surface area (Å²) in [6, 6.07) is 12.0. The lowest BCUT2D eigenvalue weighted by atomic mass is 10.0. The van der Waals surface area contributed by atoms with Crippen LogP contribution in [-0.4, -0.2) is 46.4 Å². The zero-order valence-electron chi connectivity index (χ0n) is 14.9. The Kier molecular flexibility index (Phi) is 4.58. The molecule has 6 heteroatoms. The summed E-state index contributed by atoms with van der Waals surface area (Å²) >= 11 is 0. The number of rotatable bonds is 4. The molecule has 4 rings (SSSR count). The predicted molar refractivity (Wildman–Crippen MR) is 104 cm³/mol. The smallest absolute Gasteiger partial charge is 0.257 e. The van der Waals surface area contributed by atoms with Crippen molar-refractivity contribution in [1.29, 1.82) is 0 Å². The van der Waals surface area contributed by atoms with Gasteiger partial charge in [-0.05, 0) is 57.2 Å². The Balaban J connectivity index is 1.49. The van der Waals surface area contributed by atoms with Crippen LogP contribution in [0.5, 0.6) is 0 Å². The van der Waals surface area contributed by atoms with E-state index in [4.69, 9.17) is 0 Å². The molecule has 3 aromatic rings. The number of likely N-dealkylation sites (tertiary alicyclic amines) is 1. The van der Waals surface area contributed by atoms with Gasteiger partial charge >= 0.3 is 0 Å². The number of imidazole rings is 1. The molecule has 1 fully saturated rings. The molecule has 0 radical (unpaired) electrons. The van der Waals surface area contributed by atoms with E-state index in [-0.39, 0.29) is 5.91 Å². The maximum absolute atomic E-state index is 12.7. The second-order valence-corrected chi connectivity index (χ2v) is 6.83. The number of anilines is 2. The number of carbonyl (C=O) groups is 1. The maximum atomic E-state index is 12.7. The van der Waals surface area contributed by atoms with Crippen molar-refractivity contribution in [2.24, 2.45) is 0 Å². The van der Waals surface area contributed by atoms with Crippen molar-refractivity contribution in [3.8, 4) is 0 Å². The zero-order valence-corrected chi connectivity index (χ0v) is 14.9. The molecular weight excluding hydrogens is 326 g/mol. The van der Waals surface area contributed by atoms with Crippen LogP contribution in [0, 0.1) is 0 Å². The molecule has 0 spiro atoms. The summed E-state index contributed by atoms with van der Waals surface area (Å²) < 4.78 is 1.84. The van der Waals surface area contributed by atoms with E-state index in [0.29, 0.717) is 11.6 Å². The van der Waals surface area contributed by atoms with Crippen LogP contribution in [0.3, 0.4) is 0 Å². The van der Waals surface area contributed by atoms with E-state index in [9.17, 15) is 4.79 Å². The molecule has 1 amide bonds. The monoisotopic (exact) mass is 349 g/mol. The van der Waals surface area contributed by atoms with Crippen LogP contribution in [0.25, 0.3) is 5.65 Å². The van der Waals surface area contributed by atoms with E-state index >= 15 is 0 Å². The van der Waals surface area contributed by atoms with Gasteiger partial charge in [-0.25, -0.2) is 4.98 Å². The number of hydrogen-bond acceptors (Lipinski definition) is 4. The summed E-state index contributed by atoms with van der Waals surface area (Å²) in [5.74, 6) is -0.127. The highest BCUT2D eigenvalue weighted by Gasteiger charge is 2.18. The number of hydrogen-bond donors (Lipinski definition) is 2. The first kappa shape index (κ1) is 16.6. The molecule has 6 nitrogen and oxygen atoms in total. The molecule has 0 unspecified atom stereocenters. The number of aromatic nitrogens is 2. The van der Waals surface area contributed by atoms with Gasteiger partial charge in [0.25, 0.3) is 5.91 Å². The Labute approximate surface area is 152 Å². The van der Waals surface area contributed by atoms with E-state index in [1.807, 2.05) is 40.9 Å². The zero-order chi connectivity index (χ0) is 17.9.